The predicted octanol–water partition coefficient (Wildman–Crippen LogP) is 3.29. The molecule has 94 valence electrons. The summed E-state index contributed by atoms with van der Waals surface area (Å²) >= 11 is 0. The Morgan fingerprint density at radius 1 is 1.00 bits per heavy atom. The fraction of sp³-hybridized carbons (Fsp3) is 0.250. The molecule has 0 fully saturated rings. The first kappa shape index (κ1) is 12.7. The minimum Gasteiger partial charge on any atom is -0.497 e. The maximum absolute atomic E-state index is 8.80. The third-order valence-corrected chi connectivity index (χ3v) is 2.98. The van der Waals surface area contributed by atoms with Crippen molar-refractivity contribution in [1.82, 2.24) is 0 Å². The number of benzene rings is 2. The normalized spacial score (nSPS) is 10.3. The second-order valence-corrected chi connectivity index (χ2v) is 4.26. The Balaban J connectivity index is 2.17. The van der Waals surface area contributed by atoms with Gasteiger partial charge in [-0.25, -0.2) is 0 Å². The molecule has 0 amide bonds. The van der Waals surface area contributed by atoms with Crippen molar-refractivity contribution in [2.45, 2.75) is 12.8 Å². The quantitative estimate of drug-likeness (QED) is 0.871. The molecule has 0 unspecified atom stereocenters. The molecule has 18 heavy (non-hydrogen) atoms. The molecule has 0 saturated carbocycles. The fourth-order valence-electron chi connectivity index (χ4n) is 1.95. The van der Waals surface area contributed by atoms with Gasteiger partial charge in [0.2, 0.25) is 0 Å². The number of ether oxygens (including phenoxy) is 1. The number of aliphatic hydroxyl groups is 1. The van der Waals surface area contributed by atoms with Crippen molar-refractivity contribution in [2.24, 2.45) is 0 Å². The summed E-state index contributed by atoms with van der Waals surface area (Å²) in [5.74, 6) is 0.872. The molecule has 0 spiro atoms. The van der Waals surface area contributed by atoms with E-state index < -0.39 is 0 Å². The molecule has 0 aliphatic carbocycles. The van der Waals surface area contributed by atoms with Gasteiger partial charge in [-0.3, -0.25) is 0 Å². The number of rotatable bonds is 5. The molecule has 1 N–H and O–H groups in total. The highest BCUT2D eigenvalue weighted by atomic mass is 16.5. The predicted molar refractivity (Wildman–Crippen MR) is 73.8 cm³/mol. The van der Waals surface area contributed by atoms with Gasteiger partial charge in [-0.15, -0.1) is 0 Å². The summed E-state index contributed by atoms with van der Waals surface area (Å²) in [7, 11) is 1.68. The maximum atomic E-state index is 8.80. The monoisotopic (exact) mass is 242 g/mol. The van der Waals surface area contributed by atoms with Crippen molar-refractivity contribution in [3.63, 3.8) is 0 Å². The van der Waals surface area contributed by atoms with Crippen LogP contribution in [0.5, 0.6) is 5.75 Å². The Bertz CT molecular complexity index is 489. The summed E-state index contributed by atoms with van der Waals surface area (Å²) in [5, 5.41) is 8.80. The second-order valence-electron chi connectivity index (χ2n) is 4.26. The summed E-state index contributed by atoms with van der Waals surface area (Å²) in [4.78, 5) is 0. The highest BCUT2D eigenvalue weighted by Gasteiger charge is 2.00. The molecule has 0 saturated heterocycles. The number of methoxy groups -OCH3 is 1. The van der Waals surface area contributed by atoms with E-state index in [1.165, 1.54) is 11.1 Å². The van der Waals surface area contributed by atoms with E-state index in [0.717, 1.165) is 24.2 Å². The van der Waals surface area contributed by atoms with E-state index in [4.69, 9.17) is 9.84 Å². The smallest absolute Gasteiger partial charge is 0.119 e. The van der Waals surface area contributed by atoms with Crippen LogP contribution < -0.4 is 4.74 Å². The standard InChI is InChI=1S/C16H18O2/c1-18-16-6-2-5-15(12-16)14-9-7-13(8-10-14)4-3-11-17/h2,5-10,12,17H,3-4,11H2,1H3. The topological polar surface area (TPSA) is 29.5 Å². The van der Waals surface area contributed by atoms with Crippen molar-refractivity contribution in [3.8, 4) is 16.9 Å². The first-order valence-corrected chi connectivity index (χ1v) is 6.17. The summed E-state index contributed by atoms with van der Waals surface area (Å²) in [5.41, 5.74) is 3.60. The van der Waals surface area contributed by atoms with Gasteiger partial charge in [0.25, 0.3) is 0 Å². The van der Waals surface area contributed by atoms with Crippen LogP contribution >= 0.6 is 0 Å². The van der Waals surface area contributed by atoms with Crippen LogP contribution in [0.2, 0.25) is 0 Å². The van der Waals surface area contributed by atoms with E-state index in [1.807, 2.05) is 18.2 Å². The Hall–Kier alpha value is -1.80. The lowest BCUT2D eigenvalue weighted by Gasteiger charge is -2.06. The average molecular weight is 242 g/mol. The summed E-state index contributed by atoms with van der Waals surface area (Å²) in [6.07, 6.45) is 1.74. The van der Waals surface area contributed by atoms with Crippen LogP contribution in [0.3, 0.4) is 0 Å². The van der Waals surface area contributed by atoms with Crippen molar-refractivity contribution in [2.75, 3.05) is 13.7 Å². The van der Waals surface area contributed by atoms with Crippen LogP contribution in [-0.4, -0.2) is 18.8 Å². The van der Waals surface area contributed by atoms with Crippen LogP contribution in [0.1, 0.15) is 12.0 Å². The zero-order valence-corrected chi connectivity index (χ0v) is 10.6. The minimum atomic E-state index is 0.248. The molecule has 0 aromatic heterocycles. The lowest BCUT2D eigenvalue weighted by Crippen LogP contribution is -1.89. The van der Waals surface area contributed by atoms with Crippen LogP contribution in [0.25, 0.3) is 11.1 Å². The third-order valence-electron chi connectivity index (χ3n) is 2.98. The van der Waals surface area contributed by atoms with E-state index in [9.17, 15) is 0 Å². The van der Waals surface area contributed by atoms with E-state index >= 15 is 0 Å². The summed E-state index contributed by atoms with van der Waals surface area (Å²) in [6, 6.07) is 16.5. The molecule has 0 heterocycles. The molecular formula is C16H18O2. The van der Waals surface area contributed by atoms with Gasteiger partial charge in [0.05, 0.1) is 7.11 Å². The molecule has 2 heteroatoms. The molecular weight excluding hydrogens is 224 g/mol. The van der Waals surface area contributed by atoms with Crippen LogP contribution in [0, 0.1) is 0 Å². The molecule has 2 aromatic rings. The fourth-order valence-corrected chi connectivity index (χ4v) is 1.95. The maximum Gasteiger partial charge on any atom is 0.119 e. The SMILES string of the molecule is COc1cccc(-c2ccc(CCCO)cc2)c1. The highest BCUT2D eigenvalue weighted by Crippen LogP contribution is 2.24. The van der Waals surface area contributed by atoms with Gasteiger partial charge in [-0.05, 0) is 41.7 Å². The Morgan fingerprint density at radius 2 is 1.78 bits per heavy atom. The minimum absolute atomic E-state index is 0.248. The van der Waals surface area contributed by atoms with Crippen LogP contribution in [0.4, 0.5) is 0 Å². The number of hydrogen-bond acceptors (Lipinski definition) is 2. The molecule has 2 rings (SSSR count). The number of aliphatic hydroxyl groups excluding tert-OH is 1. The van der Waals surface area contributed by atoms with Gasteiger partial charge < -0.3 is 9.84 Å². The molecule has 2 aromatic carbocycles. The van der Waals surface area contributed by atoms with Gasteiger partial charge in [-0.2, -0.15) is 0 Å². The van der Waals surface area contributed by atoms with Gasteiger partial charge in [0.15, 0.2) is 0 Å². The Kier molecular flexibility index (Phi) is 4.37. The molecule has 0 bridgehead atoms. The Morgan fingerprint density at radius 3 is 2.44 bits per heavy atom. The van der Waals surface area contributed by atoms with Gasteiger partial charge in [0, 0.05) is 6.61 Å². The number of aryl methyl sites for hydroxylation is 1. The molecule has 0 aliphatic rings. The van der Waals surface area contributed by atoms with Gasteiger partial charge in [-0.1, -0.05) is 36.4 Å². The van der Waals surface area contributed by atoms with E-state index in [-0.39, 0.29) is 6.61 Å². The van der Waals surface area contributed by atoms with Crippen molar-refractivity contribution in [1.29, 1.82) is 0 Å². The van der Waals surface area contributed by atoms with Crippen LogP contribution in [0.15, 0.2) is 48.5 Å². The van der Waals surface area contributed by atoms with E-state index in [1.54, 1.807) is 7.11 Å². The van der Waals surface area contributed by atoms with Crippen molar-refractivity contribution in [3.05, 3.63) is 54.1 Å². The van der Waals surface area contributed by atoms with E-state index in [2.05, 4.69) is 30.3 Å². The zero-order chi connectivity index (χ0) is 12.8. The molecule has 2 nitrogen and oxygen atoms in total. The highest BCUT2D eigenvalue weighted by molar-refractivity contribution is 5.65. The number of hydrogen-bond donors (Lipinski definition) is 1. The van der Waals surface area contributed by atoms with Crippen molar-refractivity contribution < 1.29 is 9.84 Å². The lowest BCUT2D eigenvalue weighted by molar-refractivity contribution is 0.288. The second kappa shape index (κ2) is 6.22. The molecule has 0 atom stereocenters. The summed E-state index contributed by atoms with van der Waals surface area (Å²) < 4.78 is 5.23. The van der Waals surface area contributed by atoms with Gasteiger partial charge >= 0.3 is 0 Å². The first-order valence-electron chi connectivity index (χ1n) is 6.17. The molecule has 0 aliphatic heterocycles. The van der Waals surface area contributed by atoms with Crippen molar-refractivity contribution >= 4 is 0 Å². The Labute approximate surface area is 108 Å². The lowest BCUT2D eigenvalue weighted by atomic mass is 10.0. The third kappa shape index (κ3) is 3.11. The molecule has 0 radical (unpaired) electrons. The first-order chi connectivity index (χ1) is 8.83. The van der Waals surface area contributed by atoms with E-state index in [0.29, 0.717) is 0 Å². The summed E-state index contributed by atoms with van der Waals surface area (Å²) in [6.45, 7) is 0.248. The zero-order valence-electron chi connectivity index (χ0n) is 10.6. The average Bonchev–Trinajstić information content (AvgIpc) is 2.46. The largest absolute Gasteiger partial charge is 0.497 e. The van der Waals surface area contributed by atoms with Crippen LogP contribution in [-0.2, 0) is 6.42 Å². The van der Waals surface area contributed by atoms with Gasteiger partial charge in [0.1, 0.15) is 5.75 Å².